The summed E-state index contributed by atoms with van der Waals surface area (Å²) in [5.74, 6) is -13.4. The van der Waals surface area contributed by atoms with Gasteiger partial charge in [-0.2, -0.15) is 0 Å². The molecule has 5 fully saturated rings. The first-order chi connectivity index (χ1) is 32.2. The highest BCUT2D eigenvalue weighted by Gasteiger charge is 2.59. The molecule has 5 rings (SSSR count). The summed E-state index contributed by atoms with van der Waals surface area (Å²) in [7, 11) is 0. The molecule has 0 radical (unpaired) electrons. The van der Waals surface area contributed by atoms with Gasteiger partial charge in [0.25, 0.3) is 29.5 Å². The van der Waals surface area contributed by atoms with Gasteiger partial charge < -0.3 is 39.7 Å². The van der Waals surface area contributed by atoms with Gasteiger partial charge in [0.1, 0.15) is 43.4 Å². The highest BCUT2D eigenvalue weighted by atomic mass is 16.7. The molecule has 8 N–H and O–H groups in total. The zero-order valence-electron chi connectivity index (χ0n) is 41.2. The molecule has 390 valence electrons. The van der Waals surface area contributed by atoms with Crippen molar-refractivity contribution in [3.63, 3.8) is 0 Å². The number of carbonyl (C=O) groups is 8. The summed E-state index contributed by atoms with van der Waals surface area (Å²) >= 11 is 0. The standard InChI is InChI=1S/C45H74N8O16/c1-10-30-27(21-24(2)3)15-16-45(64,69-30)44(9,63)42(62)48-33-35(26(6)7)68-41(61)34(25(4)5)53(66)40(60)36-43(8,67-23-32(55)56)17-20-49(36)37(57)28-13-11-18-46-51(28)31(54)22-50(65)38(58)29-14-12-19-47-52(29)39(33)59/h24-30,33-36,46-47,63-66H,10-23H2,1-9H3,(H,48,62)(H,55,56). The Morgan fingerprint density at radius 1 is 0.884 bits per heavy atom. The predicted octanol–water partition coefficient (Wildman–Crippen LogP) is -0.344. The van der Waals surface area contributed by atoms with Gasteiger partial charge in [-0.05, 0) is 88.9 Å². The van der Waals surface area contributed by atoms with Crippen LogP contribution >= 0.6 is 0 Å². The van der Waals surface area contributed by atoms with Crippen LogP contribution in [0.25, 0.3) is 0 Å². The van der Waals surface area contributed by atoms with Gasteiger partial charge in [0.05, 0.1) is 11.7 Å². The first-order valence-electron chi connectivity index (χ1n) is 24.2. The lowest BCUT2D eigenvalue weighted by molar-refractivity contribution is -0.329. The van der Waals surface area contributed by atoms with Crippen molar-refractivity contribution in [2.75, 3.05) is 32.8 Å². The van der Waals surface area contributed by atoms with Gasteiger partial charge in [-0.3, -0.25) is 49.2 Å². The average Bonchev–Trinajstić information content (AvgIpc) is 3.64. The summed E-state index contributed by atoms with van der Waals surface area (Å²) in [5, 5.41) is 61.1. The van der Waals surface area contributed by atoms with E-state index in [1.54, 1.807) is 0 Å². The fourth-order valence-electron chi connectivity index (χ4n) is 10.2. The Hall–Kier alpha value is -4.56. The second kappa shape index (κ2) is 22.2. The van der Waals surface area contributed by atoms with E-state index in [4.69, 9.17) is 14.2 Å². The van der Waals surface area contributed by atoms with Gasteiger partial charge >= 0.3 is 11.9 Å². The molecule has 0 bridgehead atoms. The summed E-state index contributed by atoms with van der Waals surface area (Å²) in [6, 6.07) is -8.58. The number of esters is 1. The number of aliphatic carboxylic acids is 1. The molecule has 0 aromatic heterocycles. The van der Waals surface area contributed by atoms with E-state index >= 15 is 4.79 Å². The minimum atomic E-state index is -2.76. The maximum absolute atomic E-state index is 15.1. The highest BCUT2D eigenvalue weighted by molar-refractivity contribution is 5.97. The monoisotopic (exact) mass is 983 g/mol. The smallest absolute Gasteiger partial charge is 0.332 e. The van der Waals surface area contributed by atoms with E-state index in [1.807, 2.05) is 20.8 Å². The molecule has 5 heterocycles. The van der Waals surface area contributed by atoms with Gasteiger partial charge in [0, 0.05) is 26.1 Å². The normalized spacial score (nSPS) is 33.7. The minimum Gasteiger partial charge on any atom is -0.480 e. The number of hydrogen-bond acceptors (Lipinski definition) is 17. The number of hydrogen-bond donors (Lipinski definition) is 8. The largest absolute Gasteiger partial charge is 0.480 e. The Bertz CT molecular complexity index is 1940. The van der Waals surface area contributed by atoms with Crippen LogP contribution in [0.5, 0.6) is 0 Å². The molecule has 11 atom stereocenters. The van der Waals surface area contributed by atoms with Crippen LogP contribution in [-0.4, -0.2) is 190 Å². The summed E-state index contributed by atoms with van der Waals surface area (Å²) in [4.78, 5) is 115. The van der Waals surface area contributed by atoms with Crippen LogP contribution in [0.15, 0.2) is 0 Å². The van der Waals surface area contributed by atoms with Crippen molar-refractivity contribution in [2.24, 2.45) is 23.7 Å². The molecular formula is C45H74N8O16. The molecule has 0 spiro atoms. The summed E-state index contributed by atoms with van der Waals surface area (Å²) in [6.07, 6.45) is -0.412. The first-order valence-corrected chi connectivity index (χ1v) is 24.2. The zero-order chi connectivity index (χ0) is 51.5. The van der Waals surface area contributed by atoms with E-state index in [1.165, 1.54) is 34.6 Å². The van der Waals surface area contributed by atoms with Crippen LogP contribution in [0.4, 0.5) is 0 Å². The van der Waals surface area contributed by atoms with Gasteiger partial charge in [-0.15, -0.1) is 0 Å². The number of nitrogens with one attached hydrogen (secondary N) is 3. The lowest BCUT2D eigenvalue weighted by atomic mass is 9.78. The Balaban J connectivity index is 1.63. The third-order valence-corrected chi connectivity index (χ3v) is 14.2. The van der Waals surface area contributed by atoms with Crippen molar-refractivity contribution in [3.8, 4) is 0 Å². The quantitative estimate of drug-likeness (QED) is 0.0970. The van der Waals surface area contributed by atoms with E-state index in [2.05, 4.69) is 16.2 Å². The number of cyclic esters (lactones) is 1. The summed E-state index contributed by atoms with van der Waals surface area (Å²) < 4.78 is 17.9. The predicted molar refractivity (Wildman–Crippen MR) is 238 cm³/mol. The number of amides is 6. The SMILES string of the molecule is CCC1OC(O)(C(C)(O)C(=O)NC2C(=O)N3NCCCC3C(=O)N(O)CC(=O)N3NCCCC3C(=O)N3CCC(C)(OCC(=O)O)C3C(=O)N(O)C(C(C)C)C(=O)OC2C(C)C)CCC1CC(C)C. The van der Waals surface area contributed by atoms with Crippen molar-refractivity contribution >= 4 is 47.4 Å². The van der Waals surface area contributed by atoms with Crippen molar-refractivity contribution < 1.29 is 78.3 Å². The van der Waals surface area contributed by atoms with Gasteiger partial charge in [0.15, 0.2) is 11.6 Å². The average molecular weight is 983 g/mol. The maximum atomic E-state index is 15.1. The minimum absolute atomic E-state index is 0.000258. The first kappa shape index (κ1) is 55.4. The Kier molecular flexibility index (Phi) is 17.9. The molecule has 0 aliphatic carbocycles. The number of nitrogens with zero attached hydrogens (tertiary/aromatic N) is 5. The molecule has 6 amide bonds. The molecule has 5 aliphatic rings. The van der Waals surface area contributed by atoms with Crippen molar-refractivity contribution in [1.82, 2.24) is 41.2 Å². The molecule has 11 unspecified atom stereocenters. The fourth-order valence-corrected chi connectivity index (χ4v) is 10.2. The van der Waals surface area contributed by atoms with Gasteiger partial charge in [-0.1, -0.05) is 48.5 Å². The lowest BCUT2D eigenvalue weighted by Gasteiger charge is -2.48. The number of carboxylic acid groups (broad SMARTS) is 1. The van der Waals surface area contributed by atoms with Crippen LogP contribution in [-0.2, 0) is 52.6 Å². The molecule has 0 aromatic rings. The van der Waals surface area contributed by atoms with E-state index in [9.17, 15) is 59.3 Å². The Morgan fingerprint density at radius 2 is 1.49 bits per heavy atom. The van der Waals surface area contributed by atoms with Crippen LogP contribution in [0, 0.1) is 23.7 Å². The maximum Gasteiger partial charge on any atom is 0.332 e. The number of rotatable bonds is 11. The lowest BCUT2D eigenvalue weighted by Crippen LogP contribution is -2.70. The Morgan fingerprint density at radius 3 is 2.06 bits per heavy atom. The van der Waals surface area contributed by atoms with Crippen molar-refractivity contribution in [1.29, 1.82) is 0 Å². The van der Waals surface area contributed by atoms with Crippen LogP contribution < -0.4 is 16.2 Å². The molecular weight excluding hydrogens is 909 g/mol. The summed E-state index contributed by atoms with van der Waals surface area (Å²) in [5.41, 5.74) is 1.09. The summed E-state index contributed by atoms with van der Waals surface area (Å²) in [6.45, 7) is 12.4. The van der Waals surface area contributed by atoms with Gasteiger partial charge in [0.2, 0.25) is 11.7 Å². The van der Waals surface area contributed by atoms with Gasteiger partial charge in [-0.25, -0.2) is 30.6 Å². The zero-order valence-corrected chi connectivity index (χ0v) is 41.2. The van der Waals surface area contributed by atoms with Crippen LogP contribution in [0.3, 0.4) is 0 Å². The van der Waals surface area contributed by atoms with Crippen molar-refractivity contribution in [3.05, 3.63) is 0 Å². The van der Waals surface area contributed by atoms with E-state index < -0.39 is 132 Å². The number of carboxylic acids is 1. The number of hydroxylamine groups is 4. The molecule has 24 nitrogen and oxygen atoms in total. The number of ether oxygens (including phenoxy) is 3. The molecule has 0 saturated carbocycles. The second-order valence-corrected chi connectivity index (χ2v) is 20.5. The molecule has 24 heteroatoms. The highest BCUT2D eigenvalue weighted by Crippen LogP contribution is 2.42. The topological polar surface area (TPSA) is 318 Å². The van der Waals surface area contributed by atoms with Crippen LogP contribution in [0.1, 0.15) is 120 Å². The van der Waals surface area contributed by atoms with Crippen LogP contribution in [0.2, 0.25) is 0 Å². The molecule has 0 aromatic carbocycles. The third kappa shape index (κ3) is 11.6. The fraction of sp³-hybridized carbons (Fsp3) is 0.822. The number of aliphatic hydroxyl groups is 2. The molecule has 5 aliphatic heterocycles. The Labute approximate surface area is 402 Å². The van der Waals surface area contributed by atoms with E-state index in [0.717, 1.165) is 28.3 Å². The number of carbonyl (C=O) groups excluding carboxylic acids is 7. The molecule has 5 saturated heterocycles. The van der Waals surface area contributed by atoms with E-state index in [0.29, 0.717) is 19.3 Å². The molecule has 69 heavy (non-hydrogen) atoms. The van der Waals surface area contributed by atoms with Crippen molar-refractivity contribution in [2.45, 2.75) is 180 Å². The third-order valence-electron chi connectivity index (χ3n) is 14.2. The van der Waals surface area contributed by atoms with E-state index in [-0.39, 0.29) is 73.7 Å². The number of hydrazine groups is 2. The number of fused-ring (bicyclic) bond motifs is 3. The second-order valence-electron chi connectivity index (χ2n) is 20.5.